The first-order valence-corrected chi connectivity index (χ1v) is 6.98. The molecule has 0 spiro atoms. The van der Waals surface area contributed by atoms with E-state index in [4.69, 9.17) is 23.2 Å². The lowest BCUT2D eigenvalue weighted by Crippen LogP contribution is -2.32. The summed E-state index contributed by atoms with van der Waals surface area (Å²) in [7, 11) is 0. The summed E-state index contributed by atoms with van der Waals surface area (Å²) in [5.41, 5.74) is 1.75. The van der Waals surface area contributed by atoms with Gasteiger partial charge in [0.05, 0.1) is 10.0 Å². The Hall–Kier alpha value is 0.0500. The highest BCUT2D eigenvalue weighted by molar-refractivity contribution is 6.42. The Labute approximate surface area is 125 Å². The zero-order chi connectivity index (χ0) is 12.2. The van der Waals surface area contributed by atoms with Gasteiger partial charge in [-0.1, -0.05) is 29.3 Å². The fourth-order valence-electron chi connectivity index (χ4n) is 3.17. The Morgan fingerprint density at radius 1 is 1.28 bits per heavy atom. The molecular weight excluding hydrogens is 289 g/mol. The highest BCUT2D eigenvalue weighted by atomic mass is 35.5. The standard InChI is InChI=1S/C14H17Cl2N.ClH/c1-9(2)17-7-11-6-14(11,8-17)10-3-4-12(15)13(16)5-10;/h3-5,9,11H,6-8H2,1-2H3;1H. The van der Waals surface area contributed by atoms with Crippen LogP contribution in [0.5, 0.6) is 0 Å². The molecule has 1 aromatic rings. The topological polar surface area (TPSA) is 3.24 Å². The number of nitrogens with zero attached hydrogens (tertiary/aromatic N) is 1. The number of rotatable bonds is 2. The third kappa shape index (κ3) is 2.16. The van der Waals surface area contributed by atoms with Crippen molar-refractivity contribution in [3.8, 4) is 0 Å². The van der Waals surface area contributed by atoms with Crippen molar-refractivity contribution in [3.05, 3.63) is 33.8 Å². The van der Waals surface area contributed by atoms with Crippen molar-refractivity contribution in [1.29, 1.82) is 0 Å². The first kappa shape index (κ1) is 14.5. The predicted molar refractivity (Wildman–Crippen MR) is 80.2 cm³/mol. The summed E-state index contributed by atoms with van der Waals surface area (Å²) in [4.78, 5) is 2.57. The molecule has 100 valence electrons. The van der Waals surface area contributed by atoms with E-state index in [1.165, 1.54) is 25.1 Å². The van der Waals surface area contributed by atoms with E-state index in [0.717, 1.165) is 5.92 Å². The van der Waals surface area contributed by atoms with E-state index in [-0.39, 0.29) is 12.4 Å². The molecule has 0 amide bonds. The van der Waals surface area contributed by atoms with Crippen LogP contribution in [0.4, 0.5) is 0 Å². The summed E-state index contributed by atoms with van der Waals surface area (Å²) in [6, 6.07) is 6.79. The Balaban J connectivity index is 0.00000120. The summed E-state index contributed by atoms with van der Waals surface area (Å²) < 4.78 is 0. The minimum Gasteiger partial charge on any atom is -0.300 e. The molecule has 0 aromatic heterocycles. The number of halogens is 3. The van der Waals surface area contributed by atoms with Crippen molar-refractivity contribution in [2.75, 3.05) is 13.1 Å². The van der Waals surface area contributed by atoms with Crippen LogP contribution in [0.15, 0.2) is 18.2 Å². The minimum atomic E-state index is 0. The Kier molecular flexibility index (Phi) is 3.91. The van der Waals surface area contributed by atoms with Crippen molar-refractivity contribution in [3.63, 3.8) is 0 Å². The number of hydrogen-bond donors (Lipinski definition) is 0. The maximum atomic E-state index is 6.13. The number of benzene rings is 1. The molecule has 1 aromatic carbocycles. The predicted octanol–water partition coefficient (Wildman–Crippen LogP) is 4.40. The van der Waals surface area contributed by atoms with Crippen LogP contribution in [0.25, 0.3) is 0 Å². The molecule has 1 saturated carbocycles. The summed E-state index contributed by atoms with van der Waals surface area (Å²) in [6.07, 6.45) is 1.31. The van der Waals surface area contributed by atoms with E-state index >= 15 is 0 Å². The zero-order valence-electron chi connectivity index (χ0n) is 10.6. The van der Waals surface area contributed by atoms with E-state index in [2.05, 4.69) is 30.9 Å². The van der Waals surface area contributed by atoms with E-state index < -0.39 is 0 Å². The average molecular weight is 307 g/mol. The molecule has 3 rings (SSSR count). The number of hydrogen-bond acceptors (Lipinski definition) is 1. The van der Waals surface area contributed by atoms with Gasteiger partial charge in [-0.3, -0.25) is 4.90 Å². The molecule has 1 saturated heterocycles. The van der Waals surface area contributed by atoms with E-state index in [0.29, 0.717) is 21.5 Å². The molecule has 1 aliphatic heterocycles. The Morgan fingerprint density at radius 2 is 2.00 bits per heavy atom. The molecule has 2 aliphatic rings. The van der Waals surface area contributed by atoms with Crippen molar-refractivity contribution < 1.29 is 0 Å². The maximum Gasteiger partial charge on any atom is 0.0595 e. The fraction of sp³-hybridized carbons (Fsp3) is 0.571. The monoisotopic (exact) mass is 305 g/mol. The SMILES string of the molecule is CC(C)N1CC2CC2(c2ccc(Cl)c(Cl)c2)C1.Cl. The quantitative estimate of drug-likeness (QED) is 0.783. The third-order valence-electron chi connectivity index (χ3n) is 4.40. The van der Waals surface area contributed by atoms with Gasteiger partial charge < -0.3 is 0 Å². The van der Waals surface area contributed by atoms with Gasteiger partial charge >= 0.3 is 0 Å². The Morgan fingerprint density at radius 3 is 2.56 bits per heavy atom. The second kappa shape index (κ2) is 4.86. The highest BCUT2D eigenvalue weighted by Crippen LogP contribution is 2.59. The lowest BCUT2D eigenvalue weighted by atomic mass is 9.95. The van der Waals surface area contributed by atoms with Gasteiger partial charge in [0, 0.05) is 24.5 Å². The van der Waals surface area contributed by atoms with E-state index in [1.807, 2.05) is 6.07 Å². The van der Waals surface area contributed by atoms with Crippen LogP contribution < -0.4 is 0 Å². The normalized spacial score (nSPS) is 30.2. The van der Waals surface area contributed by atoms with Gasteiger partial charge in [-0.2, -0.15) is 0 Å². The van der Waals surface area contributed by atoms with E-state index in [1.54, 1.807) is 0 Å². The molecule has 0 bridgehead atoms. The van der Waals surface area contributed by atoms with Crippen molar-refractivity contribution in [2.45, 2.75) is 31.7 Å². The van der Waals surface area contributed by atoms with Gasteiger partial charge in [-0.15, -0.1) is 12.4 Å². The van der Waals surface area contributed by atoms with Gasteiger partial charge in [0.15, 0.2) is 0 Å². The number of piperidine rings is 1. The summed E-state index contributed by atoms with van der Waals surface area (Å²) in [5.74, 6) is 0.821. The molecule has 2 fully saturated rings. The van der Waals surface area contributed by atoms with Gasteiger partial charge in [0.1, 0.15) is 0 Å². The third-order valence-corrected chi connectivity index (χ3v) is 5.14. The van der Waals surface area contributed by atoms with Crippen LogP contribution in [0, 0.1) is 5.92 Å². The van der Waals surface area contributed by atoms with Crippen LogP contribution >= 0.6 is 35.6 Å². The highest BCUT2D eigenvalue weighted by Gasteiger charge is 2.60. The lowest BCUT2D eigenvalue weighted by Gasteiger charge is -2.24. The molecule has 0 radical (unpaired) electrons. The molecule has 18 heavy (non-hydrogen) atoms. The van der Waals surface area contributed by atoms with Gasteiger partial charge in [-0.05, 0) is 43.9 Å². The molecule has 2 atom stereocenters. The van der Waals surface area contributed by atoms with Crippen LogP contribution in [0.3, 0.4) is 0 Å². The van der Waals surface area contributed by atoms with Crippen LogP contribution in [0.1, 0.15) is 25.8 Å². The molecule has 1 aliphatic carbocycles. The van der Waals surface area contributed by atoms with Crippen molar-refractivity contribution in [1.82, 2.24) is 4.90 Å². The second-order valence-electron chi connectivity index (χ2n) is 5.71. The molecule has 0 N–H and O–H groups in total. The average Bonchev–Trinajstić information content (AvgIpc) is 2.85. The molecular formula is C14H18Cl3N. The first-order chi connectivity index (χ1) is 8.03. The van der Waals surface area contributed by atoms with E-state index in [9.17, 15) is 0 Å². The van der Waals surface area contributed by atoms with Gasteiger partial charge in [0.2, 0.25) is 0 Å². The van der Waals surface area contributed by atoms with Crippen LogP contribution in [-0.2, 0) is 5.41 Å². The van der Waals surface area contributed by atoms with Crippen molar-refractivity contribution >= 4 is 35.6 Å². The van der Waals surface area contributed by atoms with Crippen LogP contribution in [0.2, 0.25) is 10.0 Å². The van der Waals surface area contributed by atoms with Gasteiger partial charge in [-0.25, -0.2) is 0 Å². The summed E-state index contributed by atoms with van der Waals surface area (Å²) in [5, 5.41) is 1.34. The number of likely N-dealkylation sites (tertiary alicyclic amines) is 1. The fourth-order valence-corrected chi connectivity index (χ4v) is 3.47. The molecule has 1 nitrogen and oxygen atoms in total. The first-order valence-electron chi connectivity index (χ1n) is 6.22. The summed E-state index contributed by atoms with van der Waals surface area (Å²) >= 11 is 12.1. The van der Waals surface area contributed by atoms with Crippen molar-refractivity contribution in [2.24, 2.45) is 5.92 Å². The Bertz CT molecular complexity index is 460. The summed E-state index contributed by atoms with van der Waals surface area (Å²) in [6.45, 7) is 6.95. The van der Waals surface area contributed by atoms with Gasteiger partial charge in [0.25, 0.3) is 0 Å². The zero-order valence-corrected chi connectivity index (χ0v) is 12.9. The lowest BCUT2D eigenvalue weighted by molar-refractivity contribution is 0.243. The number of fused-ring (bicyclic) bond motifs is 1. The smallest absolute Gasteiger partial charge is 0.0595 e. The second-order valence-corrected chi connectivity index (χ2v) is 6.52. The molecule has 1 heterocycles. The maximum absolute atomic E-state index is 6.13. The minimum absolute atomic E-state index is 0. The van der Waals surface area contributed by atoms with Crippen LogP contribution in [-0.4, -0.2) is 24.0 Å². The largest absolute Gasteiger partial charge is 0.300 e. The molecule has 2 unspecified atom stereocenters. The molecule has 4 heteroatoms.